The van der Waals surface area contributed by atoms with Gasteiger partial charge in [0.1, 0.15) is 11.3 Å². The maximum Gasteiger partial charge on any atom is 0.214 e. The Kier molecular flexibility index (Phi) is 2.15. The summed E-state index contributed by atoms with van der Waals surface area (Å²) >= 11 is 0. The lowest BCUT2D eigenvalue weighted by Gasteiger charge is -2.38. The molecule has 1 aromatic heterocycles. The highest BCUT2D eigenvalue weighted by Gasteiger charge is 2.45. The van der Waals surface area contributed by atoms with Crippen LogP contribution in [0, 0.1) is 0 Å². The molecule has 0 N–H and O–H groups in total. The molecule has 4 nitrogen and oxygen atoms in total. The summed E-state index contributed by atoms with van der Waals surface area (Å²) in [6.07, 6.45) is 6.07. The summed E-state index contributed by atoms with van der Waals surface area (Å²) in [5.74, 6) is 0.0202. The quantitative estimate of drug-likeness (QED) is 0.678. The zero-order valence-corrected chi connectivity index (χ0v) is 8.49. The molecule has 1 saturated carbocycles. The number of methoxy groups -OCH3 is 1. The van der Waals surface area contributed by atoms with Crippen LogP contribution in [0.25, 0.3) is 0 Å². The molecular formula is C10H14N2O2. The number of nitrogens with zero attached hydrogens (tertiary/aromatic N) is 2. The minimum atomic E-state index is -0.575. The third kappa shape index (κ3) is 1.26. The summed E-state index contributed by atoms with van der Waals surface area (Å²) in [6.45, 7) is 0. The Labute approximate surface area is 82.9 Å². The Morgan fingerprint density at radius 2 is 2.36 bits per heavy atom. The molecule has 0 atom stereocenters. The fourth-order valence-corrected chi connectivity index (χ4v) is 1.79. The van der Waals surface area contributed by atoms with Crippen molar-refractivity contribution in [1.82, 2.24) is 9.55 Å². The number of ketones is 1. The summed E-state index contributed by atoms with van der Waals surface area (Å²) in [7, 11) is 3.45. The third-order valence-corrected chi connectivity index (χ3v) is 2.90. The predicted octanol–water partition coefficient (Wildman–Crippen LogP) is 1.17. The average molecular weight is 194 g/mol. The van der Waals surface area contributed by atoms with E-state index in [1.54, 1.807) is 24.2 Å². The van der Waals surface area contributed by atoms with Crippen molar-refractivity contribution >= 4 is 5.78 Å². The van der Waals surface area contributed by atoms with E-state index >= 15 is 0 Å². The average Bonchev–Trinajstić information content (AvgIpc) is 2.50. The first kappa shape index (κ1) is 9.40. The van der Waals surface area contributed by atoms with Crippen molar-refractivity contribution in [2.24, 2.45) is 7.05 Å². The molecule has 1 aliphatic rings. The van der Waals surface area contributed by atoms with Gasteiger partial charge in [-0.05, 0) is 19.3 Å². The maximum absolute atomic E-state index is 12.0. The minimum absolute atomic E-state index is 0.0202. The van der Waals surface area contributed by atoms with Gasteiger partial charge in [0.05, 0.1) is 6.33 Å². The summed E-state index contributed by atoms with van der Waals surface area (Å²) in [4.78, 5) is 16.0. The van der Waals surface area contributed by atoms with E-state index in [0.717, 1.165) is 19.3 Å². The van der Waals surface area contributed by atoms with Crippen LogP contribution in [0.4, 0.5) is 0 Å². The third-order valence-electron chi connectivity index (χ3n) is 2.90. The molecule has 0 aliphatic heterocycles. The second-order valence-corrected chi connectivity index (χ2v) is 3.81. The number of Topliss-reactive ketones (excluding diaryl/α,β-unsaturated/α-hetero) is 1. The van der Waals surface area contributed by atoms with Crippen LogP contribution in [-0.2, 0) is 11.8 Å². The Bertz CT molecular complexity index is 347. The van der Waals surface area contributed by atoms with Crippen molar-refractivity contribution in [3.63, 3.8) is 0 Å². The van der Waals surface area contributed by atoms with Crippen molar-refractivity contribution in [3.8, 4) is 0 Å². The lowest BCUT2D eigenvalue weighted by molar-refractivity contribution is -0.0451. The van der Waals surface area contributed by atoms with Gasteiger partial charge in [-0.1, -0.05) is 0 Å². The molecule has 0 saturated heterocycles. The zero-order chi connectivity index (χ0) is 10.2. The first-order chi connectivity index (χ1) is 6.68. The summed E-state index contributed by atoms with van der Waals surface area (Å²) < 4.78 is 7.07. The van der Waals surface area contributed by atoms with E-state index in [0.29, 0.717) is 5.69 Å². The summed E-state index contributed by atoms with van der Waals surface area (Å²) in [6, 6.07) is 0. The number of carbonyl (C=O) groups excluding carboxylic acids is 1. The maximum atomic E-state index is 12.0. The molecule has 2 rings (SSSR count). The van der Waals surface area contributed by atoms with Crippen LogP contribution in [0.2, 0.25) is 0 Å². The van der Waals surface area contributed by atoms with Gasteiger partial charge >= 0.3 is 0 Å². The molecule has 14 heavy (non-hydrogen) atoms. The molecule has 0 aromatic carbocycles. The largest absolute Gasteiger partial charge is 0.370 e. The standard InChI is InChI=1S/C10H14N2O2/c1-12-6-8(11-7-12)9(13)10(14-2)4-3-5-10/h6-7H,3-5H2,1-2H3. The number of ether oxygens (including phenoxy) is 1. The second-order valence-electron chi connectivity index (χ2n) is 3.81. The molecule has 76 valence electrons. The van der Waals surface area contributed by atoms with Crippen molar-refractivity contribution in [3.05, 3.63) is 18.2 Å². The SMILES string of the molecule is COC1(C(=O)c2cn(C)cn2)CCC1. The number of rotatable bonds is 3. The highest BCUT2D eigenvalue weighted by molar-refractivity contribution is 6.01. The van der Waals surface area contributed by atoms with E-state index in [2.05, 4.69) is 4.98 Å². The van der Waals surface area contributed by atoms with Crippen LogP contribution >= 0.6 is 0 Å². The van der Waals surface area contributed by atoms with Gasteiger partial charge in [-0.15, -0.1) is 0 Å². The lowest BCUT2D eigenvalue weighted by Crippen LogP contribution is -2.47. The normalized spacial score (nSPS) is 19.0. The van der Waals surface area contributed by atoms with Gasteiger partial charge in [-0.25, -0.2) is 4.98 Å². The Hall–Kier alpha value is -1.16. The zero-order valence-electron chi connectivity index (χ0n) is 8.49. The first-order valence-corrected chi connectivity index (χ1v) is 4.76. The Morgan fingerprint density at radius 3 is 2.71 bits per heavy atom. The van der Waals surface area contributed by atoms with E-state index in [1.165, 1.54) is 0 Å². The van der Waals surface area contributed by atoms with Crippen LogP contribution < -0.4 is 0 Å². The predicted molar refractivity (Wildman–Crippen MR) is 51.1 cm³/mol. The number of aromatic nitrogens is 2. The monoisotopic (exact) mass is 194 g/mol. The fraction of sp³-hybridized carbons (Fsp3) is 0.600. The van der Waals surface area contributed by atoms with Gasteiger partial charge in [0.15, 0.2) is 0 Å². The van der Waals surface area contributed by atoms with Crippen molar-refractivity contribution in [1.29, 1.82) is 0 Å². The number of imidazole rings is 1. The van der Waals surface area contributed by atoms with Crippen molar-refractivity contribution in [2.75, 3.05) is 7.11 Å². The highest BCUT2D eigenvalue weighted by Crippen LogP contribution is 2.37. The van der Waals surface area contributed by atoms with E-state index in [1.807, 2.05) is 7.05 Å². The van der Waals surface area contributed by atoms with Crippen LogP contribution in [0.1, 0.15) is 29.8 Å². The van der Waals surface area contributed by atoms with Crippen LogP contribution in [-0.4, -0.2) is 28.0 Å². The Morgan fingerprint density at radius 1 is 1.64 bits per heavy atom. The summed E-state index contributed by atoms with van der Waals surface area (Å²) in [5.41, 5.74) is -0.0667. The molecule has 1 heterocycles. The number of carbonyl (C=O) groups is 1. The molecule has 1 fully saturated rings. The van der Waals surface area contributed by atoms with Gasteiger partial charge in [0.25, 0.3) is 0 Å². The van der Waals surface area contributed by atoms with Gasteiger partial charge in [-0.2, -0.15) is 0 Å². The Balaban J connectivity index is 2.23. The van der Waals surface area contributed by atoms with E-state index in [-0.39, 0.29) is 5.78 Å². The van der Waals surface area contributed by atoms with Gasteiger partial charge in [-0.3, -0.25) is 4.79 Å². The molecule has 0 radical (unpaired) electrons. The van der Waals surface area contributed by atoms with E-state index < -0.39 is 5.60 Å². The molecule has 4 heteroatoms. The molecular weight excluding hydrogens is 180 g/mol. The molecule has 0 unspecified atom stereocenters. The molecule has 0 bridgehead atoms. The number of aryl methyl sites for hydroxylation is 1. The van der Waals surface area contributed by atoms with E-state index in [9.17, 15) is 4.79 Å². The van der Waals surface area contributed by atoms with Gasteiger partial charge in [0.2, 0.25) is 5.78 Å². The molecule has 0 amide bonds. The van der Waals surface area contributed by atoms with Gasteiger partial charge in [0, 0.05) is 20.4 Å². The van der Waals surface area contributed by atoms with Crippen LogP contribution in [0.5, 0.6) is 0 Å². The fourth-order valence-electron chi connectivity index (χ4n) is 1.79. The summed E-state index contributed by atoms with van der Waals surface area (Å²) in [5, 5.41) is 0. The molecule has 0 spiro atoms. The first-order valence-electron chi connectivity index (χ1n) is 4.76. The van der Waals surface area contributed by atoms with Crippen LogP contribution in [0.15, 0.2) is 12.5 Å². The topological polar surface area (TPSA) is 44.1 Å². The highest BCUT2D eigenvalue weighted by atomic mass is 16.5. The number of hydrogen-bond acceptors (Lipinski definition) is 3. The van der Waals surface area contributed by atoms with Crippen LogP contribution in [0.3, 0.4) is 0 Å². The van der Waals surface area contributed by atoms with Crippen molar-refractivity contribution < 1.29 is 9.53 Å². The number of hydrogen-bond donors (Lipinski definition) is 0. The molecule has 1 aliphatic carbocycles. The molecule has 1 aromatic rings. The smallest absolute Gasteiger partial charge is 0.214 e. The second kappa shape index (κ2) is 3.20. The van der Waals surface area contributed by atoms with Gasteiger partial charge < -0.3 is 9.30 Å². The minimum Gasteiger partial charge on any atom is -0.370 e. The van der Waals surface area contributed by atoms with E-state index in [4.69, 9.17) is 4.74 Å². The van der Waals surface area contributed by atoms with Crippen molar-refractivity contribution in [2.45, 2.75) is 24.9 Å². The lowest BCUT2D eigenvalue weighted by atomic mass is 9.76.